The van der Waals surface area contributed by atoms with Crippen molar-refractivity contribution in [3.05, 3.63) is 0 Å². The largest absolute Gasteiger partial charge is 0.481 e. The Morgan fingerprint density at radius 3 is 2.48 bits per heavy atom. The van der Waals surface area contributed by atoms with Crippen LogP contribution in [0.15, 0.2) is 0 Å². The summed E-state index contributed by atoms with van der Waals surface area (Å²) in [6.07, 6.45) is 6.70. The van der Waals surface area contributed by atoms with Crippen LogP contribution in [0.4, 0.5) is 0 Å². The molecule has 2 rings (SSSR count). The van der Waals surface area contributed by atoms with Crippen LogP contribution in [0.25, 0.3) is 0 Å². The van der Waals surface area contributed by atoms with Crippen LogP contribution in [-0.2, 0) is 9.59 Å². The predicted octanol–water partition coefficient (Wildman–Crippen LogP) is 3.16. The highest BCUT2D eigenvalue weighted by Gasteiger charge is 2.32. The molecule has 1 heterocycles. The molecular weight excluding hydrogens is 266 g/mol. The van der Waals surface area contributed by atoms with Gasteiger partial charge in [-0.25, -0.2) is 0 Å². The molecule has 4 nitrogen and oxygen atoms in total. The van der Waals surface area contributed by atoms with Crippen LogP contribution in [0.1, 0.15) is 58.8 Å². The van der Waals surface area contributed by atoms with E-state index in [-0.39, 0.29) is 18.3 Å². The van der Waals surface area contributed by atoms with Gasteiger partial charge in [0.25, 0.3) is 0 Å². The van der Waals surface area contributed by atoms with E-state index in [1.807, 2.05) is 11.8 Å². The monoisotopic (exact) mass is 295 g/mol. The fraction of sp³-hybridized carbons (Fsp3) is 0.882. The first-order chi connectivity index (χ1) is 9.97. The summed E-state index contributed by atoms with van der Waals surface area (Å²) in [5.41, 5.74) is 0. The van der Waals surface area contributed by atoms with Gasteiger partial charge in [-0.05, 0) is 56.3 Å². The van der Waals surface area contributed by atoms with E-state index in [1.165, 1.54) is 12.8 Å². The standard InChI is InChI=1S/C17H29NO3/c1-12-5-7-14(8-6-12)17(21)18-9-3-4-15(11-18)13(2)10-16(19)20/h12-15H,3-11H2,1-2H3,(H,19,20). The van der Waals surface area contributed by atoms with Crippen LogP contribution in [0, 0.1) is 23.7 Å². The van der Waals surface area contributed by atoms with Gasteiger partial charge < -0.3 is 10.0 Å². The lowest BCUT2D eigenvalue weighted by molar-refractivity contribution is -0.140. The first kappa shape index (κ1) is 16.3. The Bertz CT molecular complexity index is 374. The maximum absolute atomic E-state index is 12.7. The van der Waals surface area contributed by atoms with E-state index in [0.29, 0.717) is 11.8 Å². The average molecular weight is 295 g/mol. The lowest BCUT2D eigenvalue weighted by atomic mass is 9.80. The lowest BCUT2D eigenvalue weighted by Gasteiger charge is -2.38. The zero-order valence-electron chi connectivity index (χ0n) is 13.4. The second kappa shape index (κ2) is 7.28. The summed E-state index contributed by atoms with van der Waals surface area (Å²) in [5, 5.41) is 8.94. The number of hydrogen-bond donors (Lipinski definition) is 1. The topological polar surface area (TPSA) is 57.6 Å². The van der Waals surface area contributed by atoms with E-state index in [1.54, 1.807) is 0 Å². The number of carboxylic acid groups (broad SMARTS) is 1. The van der Waals surface area contributed by atoms with Gasteiger partial charge in [0.15, 0.2) is 0 Å². The van der Waals surface area contributed by atoms with Crippen molar-refractivity contribution in [2.45, 2.75) is 58.8 Å². The number of amides is 1. The Balaban J connectivity index is 1.88. The smallest absolute Gasteiger partial charge is 0.303 e. The fourth-order valence-corrected chi connectivity index (χ4v) is 3.88. The first-order valence-electron chi connectivity index (χ1n) is 8.48. The maximum Gasteiger partial charge on any atom is 0.303 e. The van der Waals surface area contributed by atoms with Gasteiger partial charge in [0.1, 0.15) is 0 Å². The number of likely N-dealkylation sites (tertiary alicyclic amines) is 1. The van der Waals surface area contributed by atoms with E-state index in [2.05, 4.69) is 6.92 Å². The minimum atomic E-state index is -0.729. The van der Waals surface area contributed by atoms with E-state index >= 15 is 0 Å². The van der Waals surface area contributed by atoms with Crippen LogP contribution in [0.3, 0.4) is 0 Å². The van der Waals surface area contributed by atoms with Crippen molar-refractivity contribution >= 4 is 11.9 Å². The Morgan fingerprint density at radius 2 is 1.86 bits per heavy atom. The molecule has 0 spiro atoms. The number of rotatable bonds is 4. The maximum atomic E-state index is 12.7. The Labute approximate surface area is 127 Å². The lowest BCUT2D eigenvalue weighted by Crippen LogP contribution is -2.45. The molecule has 21 heavy (non-hydrogen) atoms. The van der Waals surface area contributed by atoms with Crippen molar-refractivity contribution in [2.75, 3.05) is 13.1 Å². The molecule has 1 aliphatic heterocycles. The zero-order chi connectivity index (χ0) is 15.4. The quantitative estimate of drug-likeness (QED) is 0.866. The van der Waals surface area contributed by atoms with Gasteiger partial charge in [-0.1, -0.05) is 13.8 Å². The fourth-order valence-electron chi connectivity index (χ4n) is 3.88. The SMILES string of the molecule is CC1CCC(C(=O)N2CCCC(C(C)CC(=O)O)C2)CC1. The number of piperidine rings is 1. The number of carbonyl (C=O) groups is 2. The molecule has 0 bridgehead atoms. The van der Waals surface area contributed by atoms with Crippen molar-refractivity contribution in [3.63, 3.8) is 0 Å². The number of nitrogens with zero attached hydrogens (tertiary/aromatic N) is 1. The first-order valence-corrected chi connectivity index (χ1v) is 8.48. The summed E-state index contributed by atoms with van der Waals surface area (Å²) in [6.45, 7) is 5.90. The zero-order valence-corrected chi connectivity index (χ0v) is 13.4. The van der Waals surface area contributed by atoms with Crippen molar-refractivity contribution in [1.82, 2.24) is 4.90 Å². The molecule has 2 aliphatic rings. The summed E-state index contributed by atoms with van der Waals surface area (Å²) in [5.74, 6) is 1.08. The van der Waals surface area contributed by atoms with Crippen LogP contribution in [0.2, 0.25) is 0 Å². The van der Waals surface area contributed by atoms with Crippen LogP contribution in [-0.4, -0.2) is 35.0 Å². The number of hydrogen-bond acceptors (Lipinski definition) is 2. The van der Waals surface area contributed by atoms with Gasteiger partial charge in [0.2, 0.25) is 5.91 Å². The summed E-state index contributed by atoms with van der Waals surface area (Å²) >= 11 is 0. The van der Waals surface area contributed by atoms with Crippen molar-refractivity contribution < 1.29 is 14.7 Å². The van der Waals surface area contributed by atoms with Gasteiger partial charge in [0.05, 0.1) is 0 Å². The second-order valence-corrected chi connectivity index (χ2v) is 7.22. The molecule has 1 amide bonds. The molecule has 2 fully saturated rings. The Kier molecular flexibility index (Phi) is 5.65. The Morgan fingerprint density at radius 1 is 1.19 bits per heavy atom. The number of carbonyl (C=O) groups excluding carboxylic acids is 1. The van der Waals surface area contributed by atoms with Crippen LogP contribution < -0.4 is 0 Å². The highest BCUT2D eigenvalue weighted by Crippen LogP contribution is 2.32. The molecule has 1 saturated heterocycles. The van der Waals surface area contributed by atoms with Crippen molar-refractivity contribution in [3.8, 4) is 0 Å². The van der Waals surface area contributed by atoms with Crippen LogP contribution >= 0.6 is 0 Å². The minimum absolute atomic E-state index is 0.157. The summed E-state index contributed by atoms with van der Waals surface area (Å²) in [6, 6.07) is 0. The summed E-state index contributed by atoms with van der Waals surface area (Å²) in [4.78, 5) is 25.5. The third-order valence-corrected chi connectivity index (χ3v) is 5.44. The van der Waals surface area contributed by atoms with Crippen molar-refractivity contribution in [2.24, 2.45) is 23.7 Å². The molecule has 1 saturated carbocycles. The molecule has 120 valence electrons. The van der Waals surface area contributed by atoms with E-state index < -0.39 is 5.97 Å². The third-order valence-electron chi connectivity index (χ3n) is 5.44. The molecule has 1 aliphatic carbocycles. The van der Waals surface area contributed by atoms with Gasteiger partial charge in [-0.3, -0.25) is 9.59 Å². The molecule has 0 aromatic heterocycles. The van der Waals surface area contributed by atoms with Crippen molar-refractivity contribution in [1.29, 1.82) is 0 Å². The number of carboxylic acids is 1. The molecular formula is C17H29NO3. The molecule has 1 N–H and O–H groups in total. The normalized spacial score (nSPS) is 31.7. The van der Waals surface area contributed by atoms with Gasteiger partial charge in [-0.15, -0.1) is 0 Å². The van der Waals surface area contributed by atoms with E-state index in [4.69, 9.17) is 5.11 Å². The molecule has 0 radical (unpaired) electrons. The van der Waals surface area contributed by atoms with E-state index in [9.17, 15) is 9.59 Å². The van der Waals surface area contributed by atoms with Gasteiger partial charge >= 0.3 is 5.97 Å². The molecule has 2 unspecified atom stereocenters. The number of aliphatic carboxylic acids is 1. The molecule has 0 aromatic carbocycles. The third kappa shape index (κ3) is 4.45. The summed E-state index contributed by atoms with van der Waals surface area (Å²) in [7, 11) is 0. The van der Waals surface area contributed by atoms with Gasteiger partial charge in [0, 0.05) is 25.4 Å². The van der Waals surface area contributed by atoms with Gasteiger partial charge in [-0.2, -0.15) is 0 Å². The summed E-state index contributed by atoms with van der Waals surface area (Å²) < 4.78 is 0. The Hall–Kier alpha value is -1.06. The molecule has 0 aromatic rings. The minimum Gasteiger partial charge on any atom is -0.481 e. The van der Waals surface area contributed by atoms with Crippen LogP contribution in [0.5, 0.6) is 0 Å². The molecule has 2 atom stereocenters. The van der Waals surface area contributed by atoms with E-state index in [0.717, 1.165) is 44.7 Å². The highest BCUT2D eigenvalue weighted by molar-refractivity contribution is 5.79. The predicted molar refractivity (Wildman–Crippen MR) is 81.8 cm³/mol. The molecule has 4 heteroatoms. The highest BCUT2D eigenvalue weighted by atomic mass is 16.4. The average Bonchev–Trinajstić information content (AvgIpc) is 2.47. The second-order valence-electron chi connectivity index (χ2n) is 7.22.